The third-order valence-corrected chi connectivity index (χ3v) is 16.3. The molecule has 3 heterocycles. The first-order valence-electron chi connectivity index (χ1n) is 32.4. The molecular weight excluding hydrogens is 1180 g/mol. The second-order valence-corrected chi connectivity index (χ2v) is 24.7. The summed E-state index contributed by atoms with van der Waals surface area (Å²) in [4.78, 5) is 76.1. The van der Waals surface area contributed by atoms with Gasteiger partial charge in [-0.15, -0.1) is 0 Å². The number of aliphatic hydroxyl groups is 9. The lowest BCUT2D eigenvalue weighted by molar-refractivity contribution is -0.282. The standard InChI is InChI=1S/C62H111N3O24.CH4/c1-40(2)33-62(37-81-30-21-44(69)15-12-24-63-50(72)18-6-9-27-84-59-41(3)53(75)56(78)47(34-66)87-59,38-82-31-22-45(70)16-13-25-64-51(73)19-7-10-28-85-60-42(4)54(76)57(79)48(35-67)88-60)39-83-32-23-46(71)17-14-26-65-52(74)20-8-11-29-86-61-43(5)55(77)58(80)49(36-68)89-61;/h40-43,47-49,53-61,66-68,75-80H,6-39H2,1-5H3,(H,63,72)(H,64,73)(H,65,74);1H4/t41?,42?,43?,47?,48?,49?,53-,54-,55-,56+,57+,58+,59-,60-,61-,62?;/m1./s1. The van der Waals surface area contributed by atoms with Gasteiger partial charge in [0.15, 0.2) is 18.9 Å². The molecule has 3 fully saturated rings. The fourth-order valence-electron chi connectivity index (χ4n) is 10.8. The number of carbonyl (C=O) groups excluding carboxylic acids is 6. The molecule has 12 N–H and O–H groups in total. The average molecular weight is 1300 g/mol. The Morgan fingerprint density at radius 2 is 0.678 bits per heavy atom. The zero-order valence-electron chi connectivity index (χ0n) is 53.4. The van der Waals surface area contributed by atoms with Gasteiger partial charge >= 0.3 is 0 Å². The van der Waals surface area contributed by atoms with Crippen LogP contribution in [0.1, 0.15) is 164 Å². The minimum absolute atomic E-state index is 0. The number of unbranched alkanes of at least 4 members (excludes halogenated alkanes) is 3. The Bertz CT molecular complexity index is 1780. The molecule has 27 nitrogen and oxygen atoms in total. The number of rotatable bonds is 50. The number of amides is 3. The first kappa shape index (κ1) is 82.8. The van der Waals surface area contributed by atoms with E-state index in [4.69, 9.17) is 42.6 Å². The minimum Gasteiger partial charge on any atom is -0.394 e. The molecule has 0 aromatic heterocycles. The Morgan fingerprint density at radius 3 is 0.933 bits per heavy atom. The van der Waals surface area contributed by atoms with Gasteiger partial charge in [0.05, 0.1) is 77.8 Å². The molecule has 3 saturated heterocycles. The van der Waals surface area contributed by atoms with Crippen LogP contribution in [-0.4, -0.2) is 254 Å². The molecule has 0 aromatic rings. The van der Waals surface area contributed by atoms with Crippen LogP contribution in [0.2, 0.25) is 0 Å². The maximum atomic E-state index is 12.9. The monoisotopic (exact) mass is 1300 g/mol. The number of carbonyl (C=O) groups is 6. The van der Waals surface area contributed by atoms with Crippen molar-refractivity contribution in [3.05, 3.63) is 0 Å². The van der Waals surface area contributed by atoms with Crippen LogP contribution < -0.4 is 16.0 Å². The molecule has 0 bridgehead atoms. The number of nitrogens with one attached hydrogen (secondary N) is 3. The van der Waals surface area contributed by atoms with Gasteiger partial charge in [-0.05, 0) is 70.1 Å². The molecule has 0 radical (unpaired) electrons. The number of hydrogen-bond acceptors (Lipinski definition) is 24. The van der Waals surface area contributed by atoms with Crippen molar-refractivity contribution in [2.45, 2.75) is 238 Å². The van der Waals surface area contributed by atoms with E-state index < -0.39 is 117 Å². The summed E-state index contributed by atoms with van der Waals surface area (Å²) >= 11 is 0. The molecule has 3 amide bonds. The van der Waals surface area contributed by atoms with E-state index in [2.05, 4.69) is 16.0 Å². The predicted octanol–water partition coefficient (Wildman–Crippen LogP) is 1.06. The average Bonchev–Trinajstić information content (AvgIpc) is 1.21. The first-order valence-corrected chi connectivity index (χ1v) is 32.4. The predicted molar refractivity (Wildman–Crippen MR) is 327 cm³/mol. The summed E-state index contributed by atoms with van der Waals surface area (Å²) in [5.41, 5.74) is -0.697. The molecule has 0 aromatic carbocycles. The Balaban J connectivity index is 0.0000276. The Labute approximate surface area is 532 Å². The molecule has 0 saturated carbocycles. The molecule has 3 aliphatic heterocycles. The zero-order chi connectivity index (χ0) is 65.7. The summed E-state index contributed by atoms with van der Waals surface area (Å²) in [6.45, 7) is 10.4. The van der Waals surface area contributed by atoms with Crippen LogP contribution >= 0.6 is 0 Å². The molecule has 0 aliphatic carbocycles. The Morgan fingerprint density at radius 1 is 0.400 bits per heavy atom. The third-order valence-electron chi connectivity index (χ3n) is 16.3. The van der Waals surface area contributed by atoms with Crippen molar-refractivity contribution < 1.29 is 117 Å². The summed E-state index contributed by atoms with van der Waals surface area (Å²) in [5.74, 6) is -1.96. The highest BCUT2D eigenvalue weighted by Gasteiger charge is 2.45. The van der Waals surface area contributed by atoms with Crippen molar-refractivity contribution in [1.29, 1.82) is 0 Å². The minimum atomic E-state index is -1.21. The van der Waals surface area contributed by atoms with Gasteiger partial charge < -0.3 is 105 Å². The zero-order valence-corrected chi connectivity index (χ0v) is 53.4. The largest absolute Gasteiger partial charge is 0.394 e. The molecule has 0 spiro atoms. The van der Waals surface area contributed by atoms with E-state index in [0.29, 0.717) is 83.8 Å². The highest BCUT2D eigenvalue weighted by molar-refractivity contribution is 5.80. The number of hydrogen-bond donors (Lipinski definition) is 12. The molecule has 3 rings (SSSR count). The highest BCUT2D eigenvalue weighted by Crippen LogP contribution is 2.31. The third kappa shape index (κ3) is 31.8. The highest BCUT2D eigenvalue weighted by atomic mass is 16.7. The first-order chi connectivity index (χ1) is 42.6. The number of aliphatic hydroxyl groups excluding tert-OH is 9. The van der Waals surface area contributed by atoms with E-state index in [1.165, 1.54) is 0 Å². The van der Waals surface area contributed by atoms with Gasteiger partial charge in [0.25, 0.3) is 0 Å². The lowest BCUT2D eigenvalue weighted by Gasteiger charge is -2.40. The van der Waals surface area contributed by atoms with Crippen LogP contribution in [0.5, 0.6) is 0 Å². The maximum absolute atomic E-state index is 12.9. The van der Waals surface area contributed by atoms with Crippen LogP contribution in [0.4, 0.5) is 0 Å². The van der Waals surface area contributed by atoms with E-state index in [0.717, 1.165) is 0 Å². The molecule has 15 atom stereocenters. The van der Waals surface area contributed by atoms with Gasteiger partial charge in [0, 0.05) is 120 Å². The Hall–Kier alpha value is -3.30. The summed E-state index contributed by atoms with van der Waals surface area (Å²) in [7, 11) is 0. The lowest BCUT2D eigenvalue weighted by atomic mass is 9.82. The van der Waals surface area contributed by atoms with Crippen LogP contribution in [0.3, 0.4) is 0 Å². The van der Waals surface area contributed by atoms with Crippen molar-refractivity contribution in [1.82, 2.24) is 16.0 Å². The maximum Gasteiger partial charge on any atom is 0.219 e. The molecule has 27 heteroatoms. The van der Waals surface area contributed by atoms with Gasteiger partial charge in [0.1, 0.15) is 54.0 Å². The molecular formula is C63H115N3O24. The number of ketones is 3. The van der Waals surface area contributed by atoms with Crippen LogP contribution in [0.25, 0.3) is 0 Å². The summed E-state index contributed by atoms with van der Waals surface area (Å²) < 4.78 is 52.3. The van der Waals surface area contributed by atoms with E-state index in [-0.39, 0.29) is 166 Å². The Kier molecular flexibility index (Phi) is 43.0. The normalized spacial score (nSPS) is 27.6. The van der Waals surface area contributed by atoms with Crippen LogP contribution in [0.15, 0.2) is 0 Å². The van der Waals surface area contributed by atoms with Gasteiger partial charge in [-0.1, -0.05) is 42.0 Å². The molecule has 90 heavy (non-hydrogen) atoms. The van der Waals surface area contributed by atoms with Gasteiger partial charge in [-0.3, -0.25) is 28.8 Å². The topological polar surface area (TPSA) is 404 Å². The fourth-order valence-corrected chi connectivity index (χ4v) is 10.8. The van der Waals surface area contributed by atoms with Crippen molar-refractivity contribution in [3.63, 3.8) is 0 Å². The SMILES string of the molecule is C.CC(C)CC(COCCC(=O)CCCNC(=O)CCCCO[C@@H]1OC(CO)[C@H](O)[C@H](O)C1C)(COCCC(=O)CCCNC(=O)CCCCO[C@@H]1OC(CO)[C@H](O)[C@H](O)C1C)COCCC(=O)CCCNC(=O)CCCCO[C@@H]1OC(CO)[C@H](O)[C@H](O)C1C. The van der Waals surface area contributed by atoms with Gasteiger partial charge in [-0.25, -0.2) is 0 Å². The fraction of sp³-hybridized carbons (Fsp3) is 0.905. The second-order valence-electron chi connectivity index (χ2n) is 24.7. The van der Waals surface area contributed by atoms with Crippen LogP contribution in [-0.2, 0) is 71.4 Å². The van der Waals surface area contributed by atoms with Crippen molar-refractivity contribution in [2.75, 3.05) is 98.9 Å². The summed E-state index contributed by atoms with van der Waals surface area (Å²) in [5, 5.41) is 97.6. The van der Waals surface area contributed by atoms with E-state index in [1.54, 1.807) is 20.8 Å². The van der Waals surface area contributed by atoms with Crippen molar-refractivity contribution >= 4 is 35.1 Å². The lowest BCUT2D eigenvalue weighted by Crippen LogP contribution is -2.55. The van der Waals surface area contributed by atoms with Gasteiger partial charge in [0.2, 0.25) is 17.7 Å². The van der Waals surface area contributed by atoms with Crippen molar-refractivity contribution in [2.24, 2.45) is 29.1 Å². The smallest absolute Gasteiger partial charge is 0.219 e. The van der Waals surface area contributed by atoms with Crippen LogP contribution in [0, 0.1) is 29.1 Å². The van der Waals surface area contributed by atoms with Crippen molar-refractivity contribution in [3.8, 4) is 0 Å². The molecule has 6 unspecified atom stereocenters. The van der Waals surface area contributed by atoms with E-state index in [1.807, 2.05) is 13.8 Å². The van der Waals surface area contributed by atoms with E-state index >= 15 is 0 Å². The number of ether oxygens (including phenoxy) is 9. The van der Waals surface area contributed by atoms with Gasteiger partial charge in [-0.2, -0.15) is 0 Å². The molecule has 526 valence electrons. The summed E-state index contributed by atoms with van der Waals surface area (Å²) in [6.07, 6.45) is -5.19. The number of Topliss-reactive ketones (excluding diaryl/α,β-unsaturated/α-hetero) is 3. The van der Waals surface area contributed by atoms with E-state index in [9.17, 15) is 74.7 Å². The summed E-state index contributed by atoms with van der Waals surface area (Å²) in [6, 6.07) is 0. The second kappa shape index (κ2) is 46.7. The molecule has 3 aliphatic rings. The quantitative estimate of drug-likeness (QED) is 0.0379.